The summed E-state index contributed by atoms with van der Waals surface area (Å²) in [6.45, 7) is 2.64. The van der Waals surface area contributed by atoms with Crippen LogP contribution in [0.3, 0.4) is 0 Å². The largest absolute Gasteiger partial charge is 0.492 e. The summed E-state index contributed by atoms with van der Waals surface area (Å²) in [5, 5.41) is 9.77. The van der Waals surface area contributed by atoms with Gasteiger partial charge >= 0.3 is 5.97 Å². The molecule has 1 fully saturated rings. The quantitative estimate of drug-likeness (QED) is 0.838. The Bertz CT molecular complexity index is 595. The molecule has 1 heterocycles. The molecule has 2 rings (SSSR count). The minimum atomic E-state index is -0.857. The molecule has 1 unspecified atom stereocenters. The number of hydrogen-bond donors (Lipinski definition) is 1. The maximum Gasteiger partial charge on any atom is 0.311 e. The zero-order valence-electron chi connectivity index (χ0n) is 12.1. The topological polar surface area (TPSA) is 66.8 Å². The van der Waals surface area contributed by atoms with Crippen molar-refractivity contribution in [3.05, 3.63) is 27.7 Å². The zero-order valence-corrected chi connectivity index (χ0v) is 14.5. The first-order valence-electron chi connectivity index (χ1n) is 6.91. The molecule has 1 aliphatic rings. The van der Waals surface area contributed by atoms with Crippen LogP contribution in [0.15, 0.2) is 22.7 Å². The minimum Gasteiger partial charge on any atom is -0.492 e. The van der Waals surface area contributed by atoms with Gasteiger partial charge in [-0.1, -0.05) is 11.6 Å². The molecule has 0 aromatic heterocycles. The summed E-state index contributed by atoms with van der Waals surface area (Å²) in [5.41, 5.74) is -0.838. The van der Waals surface area contributed by atoms with Gasteiger partial charge in [-0.25, -0.2) is 0 Å². The zero-order chi connectivity index (χ0) is 16.3. The van der Waals surface area contributed by atoms with E-state index in [1.165, 1.54) is 0 Å². The Morgan fingerprint density at radius 3 is 2.82 bits per heavy atom. The van der Waals surface area contributed by atoms with E-state index < -0.39 is 11.4 Å². The first-order valence-corrected chi connectivity index (χ1v) is 8.08. The predicted molar refractivity (Wildman–Crippen MR) is 86.2 cm³/mol. The molecular weight excluding hydrogens is 374 g/mol. The number of carboxylic acids is 1. The maximum atomic E-state index is 12.1. The van der Waals surface area contributed by atoms with Gasteiger partial charge in [-0.05, 0) is 47.5 Å². The summed E-state index contributed by atoms with van der Waals surface area (Å²) in [5.74, 6) is -0.326. The number of likely N-dealkylation sites (tertiary alicyclic amines) is 1. The molecule has 1 saturated heterocycles. The summed E-state index contributed by atoms with van der Waals surface area (Å²) in [6, 6.07) is 5.16. The molecule has 0 spiro atoms. The number of carboxylic acid groups (broad SMARTS) is 1. The van der Waals surface area contributed by atoms with Gasteiger partial charge in [-0.15, -0.1) is 0 Å². The summed E-state index contributed by atoms with van der Waals surface area (Å²) < 4.78 is 6.28. The molecule has 1 N–H and O–H groups in total. The van der Waals surface area contributed by atoms with Gasteiger partial charge in [0.2, 0.25) is 5.91 Å². The molecule has 120 valence electrons. The second-order valence-electron chi connectivity index (χ2n) is 5.60. The van der Waals surface area contributed by atoms with Crippen LogP contribution in [0.4, 0.5) is 0 Å². The lowest BCUT2D eigenvalue weighted by molar-refractivity contribution is -0.147. The highest BCUT2D eigenvalue weighted by atomic mass is 79.9. The molecular formula is C15H17BrClNO4. The molecule has 5 nitrogen and oxygen atoms in total. The molecule has 1 aliphatic heterocycles. The summed E-state index contributed by atoms with van der Waals surface area (Å²) in [6.07, 6.45) is 0.697. The molecule has 1 aromatic rings. The van der Waals surface area contributed by atoms with Gasteiger partial charge in [-0.2, -0.15) is 0 Å². The molecule has 1 aromatic carbocycles. The minimum absolute atomic E-state index is 0.0879. The highest BCUT2D eigenvalue weighted by molar-refractivity contribution is 9.10. The van der Waals surface area contributed by atoms with Crippen molar-refractivity contribution in [1.82, 2.24) is 4.90 Å². The molecule has 7 heteroatoms. The van der Waals surface area contributed by atoms with Crippen molar-refractivity contribution in [2.24, 2.45) is 5.41 Å². The highest BCUT2D eigenvalue weighted by Crippen LogP contribution is 2.31. The smallest absolute Gasteiger partial charge is 0.311 e. The van der Waals surface area contributed by atoms with Gasteiger partial charge in [0.25, 0.3) is 0 Å². The lowest BCUT2D eigenvalue weighted by Gasteiger charge is -2.20. The highest BCUT2D eigenvalue weighted by Gasteiger charge is 2.41. The molecule has 0 aliphatic carbocycles. The number of rotatable bonds is 5. The van der Waals surface area contributed by atoms with E-state index in [1.807, 2.05) is 0 Å². The number of ether oxygens (including phenoxy) is 1. The van der Waals surface area contributed by atoms with Crippen molar-refractivity contribution in [3.8, 4) is 5.75 Å². The van der Waals surface area contributed by atoms with Crippen LogP contribution in [0.5, 0.6) is 5.75 Å². The number of halogens is 2. The Morgan fingerprint density at radius 1 is 1.50 bits per heavy atom. The van der Waals surface area contributed by atoms with Crippen LogP contribution < -0.4 is 4.74 Å². The third kappa shape index (κ3) is 3.93. The monoisotopic (exact) mass is 389 g/mol. The molecule has 22 heavy (non-hydrogen) atoms. The Kier molecular flexibility index (Phi) is 5.34. The number of nitrogens with zero attached hydrogens (tertiary/aromatic N) is 1. The number of amides is 1. The van der Waals surface area contributed by atoms with Gasteiger partial charge in [0.15, 0.2) is 0 Å². The Hall–Kier alpha value is -1.27. The first kappa shape index (κ1) is 17.1. The number of carbonyl (C=O) groups is 2. The predicted octanol–water partition coefficient (Wildman–Crippen LogP) is 3.19. The van der Waals surface area contributed by atoms with E-state index in [1.54, 1.807) is 30.0 Å². The van der Waals surface area contributed by atoms with Gasteiger partial charge < -0.3 is 14.7 Å². The summed E-state index contributed by atoms with van der Waals surface area (Å²) >= 11 is 9.19. The van der Waals surface area contributed by atoms with Gasteiger partial charge in [0, 0.05) is 18.1 Å². The van der Waals surface area contributed by atoms with E-state index in [-0.39, 0.29) is 25.5 Å². The van der Waals surface area contributed by atoms with Crippen molar-refractivity contribution in [2.45, 2.75) is 19.8 Å². The van der Waals surface area contributed by atoms with Crippen LogP contribution in [-0.4, -0.2) is 41.6 Å². The second-order valence-corrected chi connectivity index (χ2v) is 6.90. The Balaban J connectivity index is 1.83. The molecule has 0 bridgehead atoms. The average Bonchev–Trinajstić information content (AvgIpc) is 2.85. The van der Waals surface area contributed by atoms with Gasteiger partial charge in [0.1, 0.15) is 5.75 Å². The summed E-state index contributed by atoms with van der Waals surface area (Å²) in [7, 11) is 0. The lowest BCUT2D eigenvalue weighted by atomic mass is 9.90. The van der Waals surface area contributed by atoms with Crippen LogP contribution in [0.25, 0.3) is 0 Å². The van der Waals surface area contributed by atoms with Gasteiger partial charge in [0.05, 0.1) is 22.9 Å². The van der Waals surface area contributed by atoms with E-state index in [2.05, 4.69) is 15.9 Å². The number of benzene rings is 1. The van der Waals surface area contributed by atoms with Crippen LogP contribution in [0, 0.1) is 5.41 Å². The fraction of sp³-hybridized carbons (Fsp3) is 0.467. The van der Waals surface area contributed by atoms with E-state index in [0.29, 0.717) is 23.7 Å². The van der Waals surface area contributed by atoms with Crippen LogP contribution in [0.2, 0.25) is 5.02 Å². The number of hydrogen-bond acceptors (Lipinski definition) is 3. The van der Waals surface area contributed by atoms with Crippen molar-refractivity contribution < 1.29 is 19.4 Å². The first-order chi connectivity index (χ1) is 10.3. The third-order valence-corrected chi connectivity index (χ3v) is 4.66. The normalized spacial score (nSPS) is 21.0. The number of aliphatic carboxylic acids is 1. The van der Waals surface area contributed by atoms with Crippen molar-refractivity contribution in [3.63, 3.8) is 0 Å². The standard InChI is InChI=1S/C15H17BrClNO4/c1-15(14(20)21)5-6-18(9-15)13(19)4-7-22-12-3-2-10(17)8-11(12)16/h2-3,8H,4-7,9H2,1H3,(H,20,21). The van der Waals surface area contributed by atoms with Gasteiger partial charge in [-0.3, -0.25) is 9.59 Å². The SMILES string of the molecule is CC1(C(=O)O)CCN(C(=O)CCOc2ccc(Cl)cc2Br)C1. The Labute approximate surface area is 142 Å². The number of carbonyl (C=O) groups excluding carboxylic acids is 1. The second kappa shape index (κ2) is 6.87. The van der Waals surface area contributed by atoms with E-state index in [9.17, 15) is 14.7 Å². The molecule has 1 atom stereocenters. The fourth-order valence-corrected chi connectivity index (χ4v) is 3.14. The van der Waals surface area contributed by atoms with Crippen molar-refractivity contribution in [1.29, 1.82) is 0 Å². The maximum absolute atomic E-state index is 12.1. The van der Waals surface area contributed by atoms with E-state index in [0.717, 1.165) is 4.47 Å². The van der Waals surface area contributed by atoms with Crippen LogP contribution in [-0.2, 0) is 9.59 Å². The van der Waals surface area contributed by atoms with Crippen molar-refractivity contribution >= 4 is 39.4 Å². The average molecular weight is 391 g/mol. The van der Waals surface area contributed by atoms with Crippen molar-refractivity contribution in [2.75, 3.05) is 19.7 Å². The third-order valence-electron chi connectivity index (χ3n) is 3.81. The summed E-state index contributed by atoms with van der Waals surface area (Å²) in [4.78, 5) is 24.9. The Morgan fingerprint density at radius 2 is 2.23 bits per heavy atom. The van der Waals surface area contributed by atoms with Crippen LogP contribution >= 0.6 is 27.5 Å². The molecule has 1 amide bonds. The fourth-order valence-electron chi connectivity index (χ4n) is 2.35. The van der Waals surface area contributed by atoms with E-state index >= 15 is 0 Å². The van der Waals surface area contributed by atoms with Crippen LogP contribution in [0.1, 0.15) is 19.8 Å². The van der Waals surface area contributed by atoms with E-state index in [4.69, 9.17) is 16.3 Å². The lowest BCUT2D eigenvalue weighted by Crippen LogP contribution is -2.35. The molecule has 0 radical (unpaired) electrons. The molecule has 0 saturated carbocycles.